The fourth-order valence-electron chi connectivity index (χ4n) is 2.05. The second-order valence-corrected chi connectivity index (χ2v) is 4.52. The Hall–Kier alpha value is -2.60. The Morgan fingerprint density at radius 2 is 1.75 bits per heavy atom. The summed E-state index contributed by atoms with van der Waals surface area (Å²) in [6.45, 7) is 1.43. The van der Waals surface area contributed by atoms with E-state index in [1.165, 1.54) is 5.56 Å². The molecule has 100 valence electrons. The lowest BCUT2D eigenvalue weighted by Gasteiger charge is -2.24. The van der Waals surface area contributed by atoms with Crippen molar-refractivity contribution >= 4 is 12.0 Å². The van der Waals surface area contributed by atoms with Crippen LogP contribution in [0.25, 0.3) is 0 Å². The molecule has 3 nitrogen and oxygen atoms in total. The van der Waals surface area contributed by atoms with Crippen molar-refractivity contribution < 1.29 is 4.79 Å². The maximum absolute atomic E-state index is 10.7. The van der Waals surface area contributed by atoms with Crippen molar-refractivity contribution in [1.82, 2.24) is 0 Å². The second kappa shape index (κ2) is 7.10. The fourth-order valence-corrected chi connectivity index (χ4v) is 2.05. The van der Waals surface area contributed by atoms with E-state index in [1.54, 1.807) is 12.1 Å². The van der Waals surface area contributed by atoms with Crippen LogP contribution in [0.4, 0.5) is 5.69 Å². The van der Waals surface area contributed by atoms with E-state index in [9.17, 15) is 4.79 Å². The van der Waals surface area contributed by atoms with Gasteiger partial charge in [-0.3, -0.25) is 4.79 Å². The highest BCUT2D eigenvalue weighted by atomic mass is 16.1. The first-order valence-electron chi connectivity index (χ1n) is 6.54. The summed E-state index contributed by atoms with van der Waals surface area (Å²) in [4.78, 5) is 12.8. The minimum atomic E-state index is 0.474. The third-order valence-electron chi connectivity index (χ3n) is 3.10. The van der Waals surface area contributed by atoms with Crippen LogP contribution in [-0.2, 0) is 6.54 Å². The number of nitriles is 1. The quantitative estimate of drug-likeness (QED) is 0.751. The average molecular weight is 264 g/mol. The van der Waals surface area contributed by atoms with E-state index < -0.39 is 0 Å². The van der Waals surface area contributed by atoms with Crippen LogP contribution in [0.1, 0.15) is 22.3 Å². The standard InChI is InChI=1S/C17H16N2O/c18-11-4-12-19(13-15-5-2-1-3-6-15)17-9-7-16(14-20)8-10-17/h1-3,5-10,14H,4,12-13H2. The molecule has 0 unspecified atom stereocenters. The molecule has 2 aromatic carbocycles. The highest BCUT2D eigenvalue weighted by Gasteiger charge is 2.07. The minimum absolute atomic E-state index is 0.474. The van der Waals surface area contributed by atoms with Crippen LogP contribution in [0.5, 0.6) is 0 Å². The molecule has 0 aliphatic heterocycles. The molecule has 0 bridgehead atoms. The Labute approximate surface area is 119 Å². The number of hydrogen-bond donors (Lipinski definition) is 0. The molecule has 0 amide bonds. The second-order valence-electron chi connectivity index (χ2n) is 4.52. The minimum Gasteiger partial charge on any atom is -0.366 e. The predicted octanol–water partition coefficient (Wildman–Crippen LogP) is 3.42. The summed E-state index contributed by atoms with van der Waals surface area (Å²) in [6.07, 6.45) is 1.31. The van der Waals surface area contributed by atoms with Crippen LogP contribution >= 0.6 is 0 Å². The number of benzene rings is 2. The molecule has 20 heavy (non-hydrogen) atoms. The number of carbonyl (C=O) groups is 1. The molecule has 0 aromatic heterocycles. The van der Waals surface area contributed by atoms with Crippen LogP contribution in [0.15, 0.2) is 54.6 Å². The summed E-state index contributed by atoms with van der Waals surface area (Å²) in [5, 5.41) is 8.79. The largest absolute Gasteiger partial charge is 0.366 e. The number of anilines is 1. The van der Waals surface area contributed by atoms with Gasteiger partial charge >= 0.3 is 0 Å². The molecule has 0 saturated carbocycles. The van der Waals surface area contributed by atoms with Gasteiger partial charge in [-0.05, 0) is 29.8 Å². The predicted molar refractivity (Wildman–Crippen MR) is 79.6 cm³/mol. The zero-order chi connectivity index (χ0) is 14.2. The van der Waals surface area contributed by atoms with Crippen molar-refractivity contribution in [3.05, 3.63) is 65.7 Å². The van der Waals surface area contributed by atoms with Crippen molar-refractivity contribution in [2.75, 3.05) is 11.4 Å². The van der Waals surface area contributed by atoms with Gasteiger partial charge in [-0.2, -0.15) is 5.26 Å². The van der Waals surface area contributed by atoms with E-state index >= 15 is 0 Å². The van der Waals surface area contributed by atoms with Crippen molar-refractivity contribution in [2.45, 2.75) is 13.0 Å². The first-order chi connectivity index (χ1) is 9.83. The van der Waals surface area contributed by atoms with E-state index in [-0.39, 0.29) is 0 Å². The molecule has 0 radical (unpaired) electrons. The van der Waals surface area contributed by atoms with Gasteiger partial charge in [-0.1, -0.05) is 30.3 Å². The number of rotatable bonds is 6. The molecule has 0 aliphatic carbocycles. The first kappa shape index (κ1) is 13.8. The molecule has 0 spiro atoms. The highest BCUT2D eigenvalue weighted by molar-refractivity contribution is 5.75. The average Bonchev–Trinajstić information content (AvgIpc) is 2.52. The number of aldehydes is 1. The van der Waals surface area contributed by atoms with Gasteiger partial charge in [0, 0.05) is 24.3 Å². The van der Waals surface area contributed by atoms with Gasteiger partial charge in [0.2, 0.25) is 0 Å². The Kier molecular flexibility index (Phi) is 4.91. The fraction of sp³-hybridized carbons (Fsp3) is 0.176. The Bertz CT molecular complexity index is 585. The van der Waals surface area contributed by atoms with Gasteiger partial charge in [-0.15, -0.1) is 0 Å². The summed E-state index contributed by atoms with van der Waals surface area (Å²) in [5.74, 6) is 0. The summed E-state index contributed by atoms with van der Waals surface area (Å²) in [7, 11) is 0. The molecule has 2 rings (SSSR count). The molecule has 0 N–H and O–H groups in total. The molecule has 0 saturated heterocycles. The van der Waals surface area contributed by atoms with Gasteiger partial charge in [0.15, 0.2) is 0 Å². The lowest BCUT2D eigenvalue weighted by molar-refractivity contribution is 0.112. The SMILES string of the molecule is N#CCCN(Cc1ccccc1)c1ccc(C=O)cc1. The van der Waals surface area contributed by atoms with Crippen LogP contribution in [0, 0.1) is 11.3 Å². The van der Waals surface area contributed by atoms with Gasteiger partial charge in [0.25, 0.3) is 0 Å². The van der Waals surface area contributed by atoms with Crippen LogP contribution in [0.2, 0.25) is 0 Å². The van der Waals surface area contributed by atoms with Gasteiger partial charge in [-0.25, -0.2) is 0 Å². The first-order valence-corrected chi connectivity index (χ1v) is 6.54. The normalized spacial score (nSPS) is 9.75. The van der Waals surface area contributed by atoms with Gasteiger partial charge in [0.1, 0.15) is 6.29 Å². The van der Waals surface area contributed by atoms with Crippen LogP contribution < -0.4 is 4.90 Å². The van der Waals surface area contributed by atoms with Crippen molar-refractivity contribution in [1.29, 1.82) is 5.26 Å². The lowest BCUT2D eigenvalue weighted by atomic mass is 10.1. The molecule has 2 aromatic rings. The molecule has 0 atom stereocenters. The topological polar surface area (TPSA) is 44.1 Å². The molecule has 0 aliphatic rings. The van der Waals surface area contributed by atoms with Crippen molar-refractivity contribution in [3.63, 3.8) is 0 Å². The molecular formula is C17H16N2O. The van der Waals surface area contributed by atoms with E-state index in [0.29, 0.717) is 18.5 Å². The molecule has 3 heteroatoms. The third kappa shape index (κ3) is 3.69. The van der Waals surface area contributed by atoms with Crippen LogP contribution in [0.3, 0.4) is 0 Å². The van der Waals surface area contributed by atoms with Crippen molar-refractivity contribution in [2.24, 2.45) is 0 Å². The Morgan fingerprint density at radius 3 is 2.35 bits per heavy atom. The van der Waals surface area contributed by atoms with E-state index in [0.717, 1.165) is 18.5 Å². The highest BCUT2D eigenvalue weighted by Crippen LogP contribution is 2.18. The summed E-state index contributed by atoms with van der Waals surface area (Å²) in [6, 6.07) is 19.8. The third-order valence-corrected chi connectivity index (χ3v) is 3.10. The zero-order valence-electron chi connectivity index (χ0n) is 11.2. The molecule has 0 fully saturated rings. The maximum atomic E-state index is 10.7. The maximum Gasteiger partial charge on any atom is 0.150 e. The Balaban J connectivity index is 2.17. The number of carbonyl (C=O) groups excluding carboxylic acids is 1. The van der Waals surface area contributed by atoms with E-state index in [1.807, 2.05) is 30.3 Å². The van der Waals surface area contributed by atoms with Gasteiger partial charge in [0.05, 0.1) is 12.5 Å². The van der Waals surface area contributed by atoms with Crippen molar-refractivity contribution in [3.8, 4) is 6.07 Å². The zero-order valence-corrected chi connectivity index (χ0v) is 11.2. The van der Waals surface area contributed by atoms with E-state index in [2.05, 4.69) is 23.1 Å². The molecular weight excluding hydrogens is 248 g/mol. The summed E-state index contributed by atoms with van der Waals surface area (Å²) >= 11 is 0. The summed E-state index contributed by atoms with van der Waals surface area (Å²) < 4.78 is 0. The summed E-state index contributed by atoms with van der Waals surface area (Å²) in [5.41, 5.74) is 2.88. The monoisotopic (exact) mass is 264 g/mol. The lowest BCUT2D eigenvalue weighted by Crippen LogP contribution is -2.23. The number of hydrogen-bond acceptors (Lipinski definition) is 3. The van der Waals surface area contributed by atoms with Gasteiger partial charge < -0.3 is 4.90 Å². The Morgan fingerprint density at radius 1 is 1.05 bits per heavy atom. The smallest absolute Gasteiger partial charge is 0.150 e. The molecule has 0 heterocycles. The number of nitrogens with zero attached hydrogens (tertiary/aromatic N) is 2. The van der Waals surface area contributed by atoms with Crippen LogP contribution in [-0.4, -0.2) is 12.8 Å². The van der Waals surface area contributed by atoms with E-state index in [4.69, 9.17) is 5.26 Å².